The lowest BCUT2D eigenvalue weighted by molar-refractivity contribution is 0.0690. The number of anilines is 1. The number of fused-ring (bicyclic) bond motifs is 4. The SMILES string of the molecule is CN(Cc1cnn(C)c1)c1nc(Cn2c(=O)c3ccccc3n3nc(C(=O)O)cc23)nc2ccccc12. The van der Waals surface area contributed by atoms with Crippen molar-refractivity contribution in [1.29, 1.82) is 0 Å². The highest BCUT2D eigenvalue weighted by Crippen LogP contribution is 2.25. The van der Waals surface area contributed by atoms with Crippen molar-refractivity contribution < 1.29 is 9.90 Å². The molecule has 0 saturated carbocycles. The molecule has 184 valence electrons. The van der Waals surface area contributed by atoms with Gasteiger partial charge in [0, 0.05) is 43.9 Å². The second-order valence-electron chi connectivity index (χ2n) is 8.87. The molecule has 37 heavy (non-hydrogen) atoms. The van der Waals surface area contributed by atoms with Crippen LogP contribution in [0.5, 0.6) is 0 Å². The van der Waals surface area contributed by atoms with Gasteiger partial charge in [-0.05, 0) is 24.3 Å². The molecule has 0 unspecified atom stereocenters. The Labute approximate surface area is 209 Å². The highest BCUT2D eigenvalue weighted by Gasteiger charge is 2.19. The van der Waals surface area contributed by atoms with Crippen LogP contribution in [0.3, 0.4) is 0 Å². The first kappa shape index (κ1) is 22.4. The minimum atomic E-state index is -1.17. The van der Waals surface area contributed by atoms with Crippen molar-refractivity contribution in [1.82, 2.24) is 33.9 Å². The van der Waals surface area contributed by atoms with Gasteiger partial charge in [0.05, 0.1) is 29.2 Å². The van der Waals surface area contributed by atoms with Crippen molar-refractivity contribution in [3.8, 4) is 0 Å². The van der Waals surface area contributed by atoms with Crippen molar-refractivity contribution in [3.63, 3.8) is 0 Å². The Kier molecular flexibility index (Phi) is 5.18. The molecule has 2 aromatic carbocycles. The van der Waals surface area contributed by atoms with E-state index in [1.165, 1.54) is 15.1 Å². The molecule has 0 saturated heterocycles. The molecule has 4 heterocycles. The predicted octanol–water partition coefficient (Wildman–Crippen LogP) is 2.71. The monoisotopic (exact) mass is 494 g/mol. The minimum absolute atomic E-state index is 0.0382. The lowest BCUT2D eigenvalue weighted by atomic mass is 10.2. The predicted molar refractivity (Wildman–Crippen MR) is 138 cm³/mol. The number of nitrogens with zero attached hydrogens (tertiary/aromatic N) is 8. The van der Waals surface area contributed by atoms with E-state index in [9.17, 15) is 14.7 Å². The number of benzene rings is 2. The standard InChI is InChI=1S/C26H22N8O3/c1-31(13-16-12-27-32(2)14-16)24-17-7-3-5-9-19(17)28-22(29-24)15-33-23-11-20(26(36)37)30-34(23)21-10-6-4-8-18(21)25(33)35/h3-12,14H,13,15H2,1-2H3,(H,36,37). The Morgan fingerprint density at radius 2 is 1.81 bits per heavy atom. The fraction of sp³-hybridized carbons (Fsp3) is 0.154. The van der Waals surface area contributed by atoms with Crippen LogP contribution in [0.4, 0.5) is 5.82 Å². The van der Waals surface area contributed by atoms with Crippen LogP contribution < -0.4 is 10.5 Å². The maximum absolute atomic E-state index is 13.6. The average molecular weight is 495 g/mol. The molecule has 0 atom stereocenters. The summed E-state index contributed by atoms with van der Waals surface area (Å²) in [6.07, 6.45) is 3.76. The van der Waals surface area contributed by atoms with E-state index in [1.54, 1.807) is 28.9 Å². The van der Waals surface area contributed by atoms with E-state index in [-0.39, 0.29) is 17.8 Å². The number of rotatable bonds is 6. The molecule has 6 aromatic rings. The van der Waals surface area contributed by atoms with Gasteiger partial charge in [-0.2, -0.15) is 10.2 Å². The average Bonchev–Trinajstić information content (AvgIpc) is 3.52. The topological polar surface area (TPSA) is 123 Å². The van der Waals surface area contributed by atoms with Crippen LogP contribution in [0.2, 0.25) is 0 Å². The van der Waals surface area contributed by atoms with E-state index >= 15 is 0 Å². The number of carbonyl (C=O) groups is 1. The van der Waals surface area contributed by atoms with Gasteiger partial charge >= 0.3 is 5.97 Å². The fourth-order valence-corrected chi connectivity index (χ4v) is 4.60. The maximum atomic E-state index is 13.6. The zero-order chi connectivity index (χ0) is 25.7. The number of carboxylic acids is 1. The molecule has 4 aromatic heterocycles. The van der Waals surface area contributed by atoms with E-state index in [1.807, 2.05) is 55.7 Å². The second kappa shape index (κ2) is 8.55. The van der Waals surface area contributed by atoms with E-state index in [0.29, 0.717) is 34.7 Å². The van der Waals surface area contributed by atoms with Crippen LogP contribution in [-0.2, 0) is 20.1 Å². The molecule has 0 spiro atoms. The number of aromatic carboxylic acids is 1. The van der Waals surface area contributed by atoms with Crippen molar-refractivity contribution in [2.24, 2.45) is 7.05 Å². The Morgan fingerprint density at radius 1 is 1.05 bits per heavy atom. The second-order valence-corrected chi connectivity index (χ2v) is 8.87. The molecule has 0 bridgehead atoms. The first-order valence-electron chi connectivity index (χ1n) is 11.6. The molecule has 0 amide bonds. The Bertz CT molecular complexity index is 1880. The van der Waals surface area contributed by atoms with E-state index < -0.39 is 5.97 Å². The summed E-state index contributed by atoms with van der Waals surface area (Å²) in [5.74, 6) is -0.0359. The maximum Gasteiger partial charge on any atom is 0.356 e. The summed E-state index contributed by atoms with van der Waals surface area (Å²) in [5.41, 5.74) is 2.22. The number of para-hydroxylation sites is 2. The first-order chi connectivity index (χ1) is 17.9. The van der Waals surface area contributed by atoms with Gasteiger partial charge in [-0.25, -0.2) is 19.3 Å². The van der Waals surface area contributed by atoms with Gasteiger partial charge in [0.15, 0.2) is 11.5 Å². The third-order valence-electron chi connectivity index (χ3n) is 6.26. The van der Waals surface area contributed by atoms with E-state index in [4.69, 9.17) is 9.97 Å². The van der Waals surface area contributed by atoms with Gasteiger partial charge in [0.1, 0.15) is 11.5 Å². The van der Waals surface area contributed by atoms with Crippen LogP contribution >= 0.6 is 0 Å². The Hall–Kier alpha value is -5.06. The normalized spacial score (nSPS) is 11.5. The molecule has 11 heteroatoms. The Balaban J connectivity index is 1.51. The molecule has 0 aliphatic rings. The van der Waals surface area contributed by atoms with Crippen molar-refractivity contribution >= 4 is 39.2 Å². The fourth-order valence-electron chi connectivity index (χ4n) is 4.60. The third kappa shape index (κ3) is 3.86. The summed E-state index contributed by atoms with van der Waals surface area (Å²) >= 11 is 0. The van der Waals surface area contributed by atoms with Gasteiger partial charge in [-0.3, -0.25) is 14.0 Å². The van der Waals surface area contributed by atoms with E-state index in [2.05, 4.69) is 10.2 Å². The van der Waals surface area contributed by atoms with Crippen LogP contribution in [0.1, 0.15) is 21.9 Å². The molecule has 0 aliphatic heterocycles. The molecular formula is C26H22N8O3. The third-order valence-corrected chi connectivity index (χ3v) is 6.26. The van der Waals surface area contributed by atoms with Gasteiger partial charge in [0.2, 0.25) is 0 Å². The van der Waals surface area contributed by atoms with Gasteiger partial charge in [-0.1, -0.05) is 24.3 Å². The van der Waals surface area contributed by atoms with E-state index in [0.717, 1.165) is 16.5 Å². The van der Waals surface area contributed by atoms with Crippen molar-refractivity contribution in [2.45, 2.75) is 13.1 Å². The number of aromatic nitrogens is 7. The molecule has 11 nitrogen and oxygen atoms in total. The number of hydrogen-bond acceptors (Lipinski definition) is 7. The molecule has 1 N–H and O–H groups in total. The molecule has 0 radical (unpaired) electrons. The minimum Gasteiger partial charge on any atom is -0.476 e. The highest BCUT2D eigenvalue weighted by molar-refractivity contribution is 5.90. The quantitative estimate of drug-likeness (QED) is 0.375. The van der Waals surface area contributed by atoms with Gasteiger partial charge in [-0.15, -0.1) is 0 Å². The van der Waals surface area contributed by atoms with Crippen molar-refractivity contribution in [3.05, 3.63) is 94.4 Å². The summed E-state index contributed by atoms with van der Waals surface area (Å²) in [6, 6.07) is 16.1. The lowest BCUT2D eigenvalue weighted by Gasteiger charge is -2.20. The summed E-state index contributed by atoms with van der Waals surface area (Å²) in [6.45, 7) is 0.621. The van der Waals surface area contributed by atoms with Crippen LogP contribution in [0.15, 0.2) is 71.8 Å². The number of aryl methyl sites for hydroxylation is 1. The largest absolute Gasteiger partial charge is 0.476 e. The summed E-state index contributed by atoms with van der Waals surface area (Å²) in [7, 11) is 3.82. The van der Waals surface area contributed by atoms with Crippen LogP contribution in [-0.4, -0.2) is 52.1 Å². The molecular weight excluding hydrogens is 472 g/mol. The highest BCUT2D eigenvalue weighted by atomic mass is 16.4. The lowest BCUT2D eigenvalue weighted by Crippen LogP contribution is -2.25. The summed E-state index contributed by atoms with van der Waals surface area (Å²) < 4.78 is 4.70. The first-order valence-corrected chi connectivity index (χ1v) is 11.6. The van der Waals surface area contributed by atoms with Crippen LogP contribution in [0.25, 0.3) is 27.5 Å². The molecule has 0 fully saturated rings. The van der Waals surface area contributed by atoms with Gasteiger partial charge < -0.3 is 10.0 Å². The number of carboxylic acid groups (broad SMARTS) is 1. The number of hydrogen-bond donors (Lipinski definition) is 1. The zero-order valence-corrected chi connectivity index (χ0v) is 20.1. The van der Waals surface area contributed by atoms with Crippen molar-refractivity contribution in [2.75, 3.05) is 11.9 Å². The zero-order valence-electron chi connectivity index (χ0n) is 20.1. The Morgan fingerprint density at radius 3 is 2.57 bits per heavy atom. The van der Waals surface area contributed by atoms with Crippen LogP contribution in [0, 0.1) is 0 Å². The summed E-state index contributed by atoms with van der Waals surface area (Å²) in [5, 5.41) is 19.3. The molecule has 0 aliphatic carbocycles. The molecule has 6 rings (SSSR count). The van der Waals surface area contributed by atoms with Gasteiger partial charge in [0.25, 0.3) is 5.56 Å². The smallest absolute Gasteiger partial charge is 0.356 e. The summed E-state index contributed by atoms with van der Waals surface area (Å²) in [4.78, 5) is 36.8.